The molecule has 11 nitrogen and oxygen atoms in total. The Kier molecular flexibility index (Phi) is 9.68. The van der Waals surface area contributed by atoms with Crippen molar-refractivity contribution in [2.75, 3.05) is 37.6 Å². The monoisotopic (exact) mass is 703 g/mol. The minimum Gasteiger partial charge on any atom is -0.457 e. The van der Waals surface area contributed by atoms with Crippen molar-refractivity contribution in [2.45, 2.75) is 52.2 Å². The first-order valence-corrected chi connectivity index (χ1v) is 18.0. The molecule has 2 fully saturated rings. The van der Waals surface area contributed by atoms with Crippen molar-refractivity contribution in [2.24, 2.45) is 0 Å². The Morgan fingerprint density at radius 1 is 0.922 bits per heavy atom. The quantitative estimate of drug-likeness (QED) is 0.164. The number of piperazine rings is 1. The topological polar surface area (TPSA) is 114 Å². The van der Waals surface area contributed by atoms with Crippen LogP contribution in [0.2, 0.25) is 0 Å². The van der Waals surface area contributed by atoms with E-state index in [1.165, 1.54) is 5.56 Å². The lowest BCUT2D eigenvalue weighted by Crippen LogP contribution is -2.50. The Labute approximate surface area is 301 Å². The molecule has 0 bridgehead atoms. The third kappa shape index (κ3) is 8.18. The number of hydrogen-bond donors (Lipinski definition) is 0. The van der Waals surface area contributed by atoms with Gasteiger partial charge in [0, 0.05) is 68.3 Å². The number of benzene rings is 3. The molecule has 0 aliphatic carbocycles. The Morgan fingerprint density at radius 3 is 2.37 bits per heavy atom. The number of nitrogens with zero attached hydrogens (tertiary/aromatic N) is 7. The number of rotatable bonds is 8. The number of likely N-dealkylation sites (tertiary alicyclic amines) is 1. The molecule has 1 atom stereocenters. The van der Waals surface area contributed by atoms with Crippen LogP contribution in [0.25, 0.3) is 21.8 Å². The molecule has 0 spiro atoms. The Bertz CT molecular complexity index is 2000. The standard InChI is InChI=1S/C39H41N7O4S/c1-26-42-43-37(51-26)28-12-14-32(15-13-28)49-34-20-29(10-11-30(34)24-46-25-31(21-36(46)47)27-8-6-5-7-9-27)33-22-40-23-35(41-33)44-16-18-45(19-17-44)38(48)50-39(2,3)4/h5-15,20,22-23,31H,16-19,21,24-25H2,1-4H3. The van der Waals surface area contributed by atoms with Crippen LogP contribution in [0.1, 0.15) is 49.2 Å². The molecule has 51 heavy (non-hydrogen) atoms. The minimum absolute atomic E-state index is 0.126. The van der Waals surface area contributed by atoms with Gasteiger partial charge in [0.25, 0.3) is 0 Å². The van der Waals surface area contributed by atoms with Gasteiger partial charge in [-0.25, -0.2) is 9.78 Å². The summed E-state index contributed by atoms with van der Waals surface area (Å²) in [5.41, 5.74) is 4.04. The van der Waals surface area contributed by atoms with Gasteiger partial charge in [0.05, 0.1) is 18.1 Å². The van der Waals surface area contributed by atoms with Gasteiger partial charge in [0.15, 0.2) is 0 Å². The summed E-state index contributed by atoms with van der Waals surface area (Å²) in [6.07, 6.45) is 3.68. The van der Waals surface area contributed by atoms with Gasteiger partial charge in [-0.2, -0.15) is 0 Å². The maximum Gasteiger partial charge on any atom is 0.410 e. The van der Waals surface area contributed by atoms with Crippen LogP contribution in [0, 0.1) is 6.92 Å². The van der Waals surface area contributed by atoms with Crippen LogP contribution < -0.4 is 9.64 Å². The van der Waals surface area contributed by atoms with Crippen LogP contribution in [-0.2, 0) is 16.1 Å². The summed E-state index contributed by atoms with van der Waals surface area (Å²) in [4.78, 5) is 41.1. The molecular weight excluding hydrogens is 663 g/mol. The van der Waals surface area contributed by atoms with Crippen LogP contribution >= 0.6 is 11.3 Å². The number of carbonyl (C=O) groups is 2. The van der Waals surface area contributed by atoms with Crippen LogP contribution in [0.15, 0.2) is 85.2 Å². The fraction of sp³-hybridized carbons (Fsp3) is 0.333. The molecule has 2 aliphatic heterocycles. The van der Waals surface area contributed by atoms with Gasteiger partial charge >= 0.3 is 6.09 Å². The fourth-order valence-electron chi connectivity index (χ4n) is 6.32. The molecule has 4 heterocycles. The number of carbonyl (C=O) groups excluding carboxylic acids is 2. The summed E-state index contributed by atoms with van der Waals surface area (Å²) in [5.74, 6) is 2.32. The highest BCUT2D eigenvalue weighted by Gasteiger charge is 2.31. The van der Waals surface area contributed by atoms with E-state index in [9.17, 15) is 9.59 Å². The fourth-order valence-corrected chi connectivity index (χ4v) is 7.01. The van der Waals surface area contributed by atoms with Gasteiger partial charge < -0.3 is 24.2 Å². The van der Waals surface area contributed by atoms with Crippen LogP contribution in [0.5, 0.6) is 11.5 Å². The zero-order valence-electron chi connectivity index (χ0n) is 29.3. The van der Waals surface area contributed by atoms with E-state index in [2.05, 4.69) is 32.2 Å². The lowest BCUT2D eigenvalue weighted by molar-refractivity contribution is -0.128. The maximum atomic E-state index is 13.2. The van der Waals surface area contributed by atoms with Crippen LogP contribution in [-0.4, -0.2) is 80.3 Å². The van der Waals surface area contributed by atoms with E-state index in [1.54, 1.807) is 28.6 Å². The van der Waals surface area contributed by atoms with E-state index in [0.29, 0.717) is 62.9 Å². The van der Waals surface area contributed by atoms with Crippen molar-refractivity contribution >= 4 is 29.2 Å². The van der Waals surface area contributed by atoms with E-state index >= 15 is 0 Å². The SMILES string of the molecule is Cc1nnc(-c2ccc(Oc3cc(-c4cncc(N5CCN(C(=O)OC(C)(C)C)CC5)n4)ccc3CN3CC(c4ccccc4)CC3=O)cc2)s1. The summed E-state index contributed by atoms with van der Waals surface area (Å²) in [5, 5.41) is 10.2. The van der Waals surface area contributed by atoms with Gasteiger partial charge in [-0.1, -0.05) is 53.8 Å². The third-order valence-electron chi connectivity index (χ3n) is 8.94. The molecule has 12 heteroatoms. The third-order valence-corrected chi connectivity index (χ3v) is 9.83. The van der Waals surface area contributed by atoms with Gasteiger partial charge in [-0.3, -0.25) is 9.78 Å². The van der Waals surface area contributed by atoms with E-state index in [1.807, 2.05) is 93.3 Å². The lowest BCUT2D eigenvalue weighted by Gasteiger charge is -2.36. The number of ether oxygens (including phenoxy) is 2. The smallest absolute Gasteiger partial charge is 0.410 e. The zero-order valence-corrected chi connectivity index (χ0v) is 30.1. The Hall–Kier alpha value is -5.36. The molecule has 3 aromatic carbocycles. The van der Waals surface area contributed by atoms with Crippen molar-refractivity contribution in [1.29, 1.82) is 0 Å². The molecule has 0 saturated carbocycles. The number of aromatic nitrogens is 4. The second-order valence-corrected chi connectivity index (χ2v) is 15.1. The largest absolute Gasteiger partial charge is 0.457 e. The highest BCUT2D eigenvalue weighted by atomic mass is 32.1. The molecule has 5 aromatic rings. The van der Waals surface area contributed by atoms with Crippen molar-refractivity contribution in [3.8, 4) is 33.3 Å². The van der Waals surface area contributed by atoms with E-state index in [4.69, 9.17) is 14.5 Å². The predicted molar refractivity (Wildman–Crippen MR) is 197 cm³/mol. The van der Waals surface area contributed by atoms with Crippen LogP contribution in [0.4, 0.5) is 10.6 Å². The Morgan fingerprint density at radius 2 is 1.67 bits per heavy atom. The first kappa shape index (κ1) is 34.1. The second kappa shape index (κ2) is 14.5. The maximum absolute atomic E-state index is 13.2. The van der Waals surface area contributed by atoms with Crippen molar-refractivity contribution in [1.82, 2.24) is 30.0 Å². The normalized spacial score (nSPS) is 16.4. The van der Waals surface area contributed by atoms with E-state index in [0.717, 1.165) is 32.5 Å². The molecule has 2 aliphatic rings. The minimum atomic E-state index is -0.539. The van der Waals surface area contributed by atoms with Crippen molar-refractivity contribution < 1.29 is 19.1 Å². The molecule has 7 rings (SSSR count). The summed E-state index contributed by atoms with van der Waals surface area (Å²) in [6, 6.07) is 24.0. The van der Waals surface area contributed by atoms with Crippen molar-refractivity contribution in [3.05, 3.63) is 101 Å². The highest BCUT2D eigenvalue weighted by Crippen LogP contribution is 2.35. The molecule has 2 amide bonds. The number of anilines is 1. The number of aryl methyl sites for hydroxylation is 1. The van der Waals surface area contributed by atoms with Crippen LogP contribution in [0.3, 0.4) is 0 Å². The van der Waals surface area contributed by atoms with Gasteiger partial charge in [-0.05, 0) is 63.6 Å². The second-order valence-electron chi connectivity index (χ2n) is 13.9. The number of amides is 2. The zero-order chi connectivity index (χ0) is 35.5. The Balaban J connectivity index is 1.12. The summed E-state index contributed by atoms with van der Waals surface area (Å²) in [6.45, 7) is 10.9. The molecule has 0 N–H and O–H groups in total. The first-order chi connectivity index (χ1) is 24.6. The van der Waals surface area contributed by atoms with E-state index in [-0.39, 0.29) is 17.9 Å². The van der Waals surface area contributed by atoms with Gasteiger partial charge in [0.2, 0.25) is 5.91 Å². The molecule has 2 aromatic heterocycles. The molecule has 1 unspecified atom stereocenters. The summed E-state index contributed by atoms with van der Waals surface area (Å²) >= 11 is 1.54. The molecule has 2 saturated heterocycles. The average molecular weight is 704 g/mol. The summed E-state index contributed by atoms with van der Waals surface area (Å²) in [7, 11) is 0. The molecule has 0 radical (unpaired) electrons. The van der Waals surface area contributed by atoms with Gasteiger partial charge in [-0.15, -0.1) is 10.2 Å². The van der Waals surface area contributed by atoms with Gasteiger partial charge in [0.1, 0.15) is 32.9 Å². The number of hydrogen-bond acceptors (Lipinski definition) is 10. The lowest BCUT2D eigenvalue weighted by atomic mass is 9.98. The molecular formula is C39H41N7O4S. The predicted octanol–water partition coefficient (Wildman–Crippen LogP) is 7.34. The molecule has 262 valence electrons. The average Bonchev–Trinajstić information content (AvgIpc) is 3.74. The first-order valence-electron chi connectivity index (χ1n) is 17.2. The highest BCUT2D eigenvalue weighted by molar-refractivity contribution is 7.14. The summed E-state index contributed by atoms with van der Waals surface area (Å²) < 4.78 is 12.1. The van der Waals surface area contributed by atoms with E-state index < -0.39 is 5.60 Å². The van der Waals surface area contributed by atoms with Crippen molar-refractivity contribution in [3.63, 3.8) is 0 Å².